The van der Waals surface area contributed by atoms with E-state index in [9.17, 15) is 9.59 Å². The Kier molecular flexibility index (Phi) is 7.75. The summed E-state index contributed by atoms with van der Waals surface area (Å²) in [4.78, 5) is 25.0. The van der Waals surface area contributed by atoms with Crippen LogP contribution in [0.3, 0.4) is 0 Å². The Hall–Kier alpha value is -1.88. The molecular weight excluding hydrogens is 304 g/mol. The van der Waals surface area contributed by atoms with Crippen molar-refractivity contribution in [1.29, 1.82) is 0 Å². The lowest BCUT2D eigenvalue weighted by Gasteiger charge is -2.31. The van der Waals surface area contributed by atoms with Crippen molar-refractivity contribution in [1.82, 2.24) is 10.2 Å². The van der Waals surface area contributed by atoms with Crippen molar-refractivity contribution >= 4 is 11.9 Å². The number of nitrogens with one attached hydrogen (secondary N) is 1. The van der Waals surface area contributed by atoms with Crippen LogP contribution in [-0.4, -0.2) is 41.5 Å². The third kappa shape index (κ3) is 6.71. The quantitative estimate of drug-likeness (QED) is 0.682. The maximum absolute atomic E-state index is 12.2. The van der Waals surface area contributed by atoms with E-state index in [1.165, 1.54) is 5.56 Å². The van der Waals surface area contributed by atoms with Crippen LogP contribution in [-0.2, 0) is 16.1 Å². The number of nitrogens with zero attached hydrogens (tertiary/aromatic N) is 1. The highest BCUT2D eigenvalue weighted by Crippen LogP contribution is 2.19. The number of carboxylic acids is 1. The molecule has 1 aromatic rings. The first-order valence-electron chi connectivity index (χ1n) is 8.91. The van der Waals surface area contributed by atoms with Gasteiger partial charge in [0.15, 0.2) is 0 Å². The fraction of sp³-hybridized carbons (Fsp3) is 0.579. The average molecular weight is 332 g/mol. The van der Waals surface area contributed by atoms with E-state index in [-0.39, 0.29) is 18.2 Å². The molecule has 1 saturated heterocycles. The SMILES string of the molecule is O=C(O)CCCCCNC(=O)C1CCN(Cc2ccccc2)CC1. The van der Waals surface area contributed by atoms with Crippen LogP contribution in [0.5, 0.6) is 0 Å². The summed E-state index contributed by atoms with van der Waals surface area (Å²) >= 11 is 0. The van der Waals surface area contributed by atoms with Gasteiger partial charge in [0.1, 0.15) is 0 Å². The molecule has 0 unspecified atom stereocenters. The Morgan fingerprint density at radius 1 is 1.08 bits per heavy atom. The monoisotopic (exact) mass is 332 g/mol. The lowest BCUT2D eigenvalue weighted by molar-refractivity contribution is -0.137. The van der Waals surface area contributed by atoms with Gasteiger partial charge in [-0.05, 0) is 44.3 Å². The molecule has 1 aliphatic rings. The summed E-state index contributed by atoms with van der Waals surface area (Å²) < 4.78 is 0. The fourth-order valence-corrected chi connectivity index (χ4v) is 3.13. The molecule has 0 aromatic heterocycles. The normalized spacial score (nSPS) is 16.0. The summed E-state index contributed by atoms with van der Waals surface area (Å²) in [6, 6.07) is 10.4. The van der Waals surface area contributed by atoms with Crippen LogP contribution in [0.4, 0.5) is 0 Å². The molecule has 1 amide bonds. The van der Waals surface area contributed by atoms with Crippen molar-refractivity contribution < 1.29 is 14.7 Å². The van der Waals surface area contributed by atoms with Gasteiger partial charge in [0.05, 0.1) is 0 Å². The van der Waals surface area contributed by atoms with Gasteiger partial charge in [-0.15, -0.1) is 0 Å². The standard InChI is InChI=1S/C19H28N2O3/c22-18(23)9-5-2-6-12-20-19(24)17-10-13-21(14-11-17)15-16-7-3-1-4-8-16/h1,3-4,7-8,17H,2,5-6,9-15H2,(H,20,24)(H,22,23). The summed E-state index contributed by atoms with van der Waals surface area (Å²) in [6.45, 7) is 3.54. The number of benzene rings is 1. The molecule has 1 heterocycles. The van der Waals surface area contributed by atoms with Gasteiger partial charge in [-0.1, -0.05) is 36.8 Å². The number of hydrogen-bond acceptors (Lipinski definition) is 3. The van der Waals surface area contributed by atoms with E-state index in [0.29, 0.717) is 13.0 Å². The molecule has 2 rings (SSSR count). The summed E-state index contributed by atoms with van der Waals surface area (Å²) in [5.74, 6) is -0.468. The predicted molar refractivity (Wildman–Crippen MR) is 93.6 cm³/mol. The van der Waals surface area contributed by atoms with Gasteiger partial charge in [-0.25, -0.2) is 0 Å². The smallest absolute Gasteiger partial charge is 0.303 e. The van der Waals surface area contributed by atoms with Gasteiger partial charge in [0, 0.05) is 25.4 Å². The van der Waals surface area contributed by atoms with Gasteiger partial charge in [-0.2, -0.15) is 0 Å². The molecule has 24 heavy (non-hydrogen) atoms. The highest BCUT2D eigenvalue weighted by Gasteiger charge is 2.24. The lowest BCUT2D eigenvalue weighted by Crippen LogP contribution is -2.40. The molecule has 0 spiro atoms. The van der Waals surface area contributed by atoms with Crippen LogP contribution >= 0.6 is 0 Å². The van der Waals surface area contributed by atoms with Crippen LogP contribution < -0.4 is 5.32 Å². The second kappa shape index (κ2) is 10.1. The minimum Gasteiger partial charge on any atom is -0.481 e. The fourth-order valence-electron chi connectivity index (χ4n) is 3.13. The third-order valence-electron chi connectivity index (χ3n) is 4.57. The van der Waals surface area contributed by atoms with Crippen LogP contribution in [0.1, 0.15) is 44.1 Å². The second-order valence-electron chi connectivity index (χ2n) is 6.53. The average Bonchev–Trinajstić information content (AvgIpc) is 2.59. The predicted octanol–water partition coefficient (Wildman–Crippen LogP) is 2.66. The van der Waals surface area contributed by atoms with E-state index in [1.54, 1.807) is 0 Å². The Bertz CT molecular complexity index is 511. The van der Waals surface area contributed by atoms with Gasteiger partial charge in [0.25, 0.3) is 0 Å². The maximum atomic E-state index is 12.2. The zero-order chi connectivity index (χ0) is 17.2. The van der Waals surface area contributed by atoms with Crippen molar-refractivity contribution in [3.8, 4) is 0 Å². The van der Waals surface area contributed by atoms with Crippen molar-refractivity contribution in [3.05, 3.63) is 35.9 Å². The Balaban J connectivity index is 1.58. The summed E-state index contributed by atoms with van der Waals surface area (Å²) in [5, 5.41) is 11.6. The third-order valence-corrected chi connectivity index (χ3v) is 4.57. The number of amides is 1. The number of carbonyl (C=O) groups is 2. The number of carboxylic acid groups (broad SMARTS) is 1. The number of aliphatic carboxylic acids is 1. The molecule has 2 N–H and O–H groups in total. The zero-order valence-electron chi connectivity index (χ0n) is 14.2. The number of piperidine rings is 1. The Labute approximate surface area is 144 Å². The number of carbonyl (C=O) groups excluding carboxylic acids is 1. The molecule has 5 heteroatoms. The van der Waals surface area contributed by atoms with Gasteiger partial charge in [-0.3, -0.25) is 14.5 Å². The molecule has 1 aromatic carbocycles. The van der Waals surface area contributed by atoms with E-state index in [4.69, 9.17) is 5.11 Å². The molecule has 132 valence electrons. The van der Waals surface area contributed by atoms with Crippen molar-refractivity contribution in [2.24, 2.45) is 5.92 Å². The van der Waals surface area contributed by atoms with Gasteiger partial charge >= 0.3 is 5.97 Å². The largest absolute Gasteiger partial charge is 0.481 e. The second-order valence-corrected chi connectivity index (χ2v) is 6.53. The number of likely N-dealkylation sites (tertiary alicyclic amines) is 1. The summed E-state index contributed by atoms with van der Waals surface area (Å²) in [5.41, 5.74) is 1.32. The first kappa shape index (κ1) is 18.5. The van der Waals surface area contributed by atoms with E-state index in [2.05, 4.69) is 34.5 Å². The van der Waals surface area contributed by atoms with Crippen LogP contribution in [0.15, 0.2) is 30.3 Å². The minimum atomic E-state index is -0.749. The summed E-state index contributed by atoms with van der Waals surface area (Å²) in [6.07, 6.45) is 4.43. The molecule has 0 radical (unpaired) electrons. The van der Waals surface area contributed by atoms with E-state index in [1.807, 2.05) is 6.07 Å². The minimum absolute atomic E-state index is 0.121. The van der Waals surface area contributed by atoms with E-state index < -0.39 is 5.97 Å². The van der Waals surface area contributed by atoms with Gasteiger partial charge in [0.2, 0.25) is 5.91 Å². The maximum Gasteiger partial charge on any atom is 0.303 e. The first-order valence-corrected chi connectivity index (χ1v) is 8.91. The lowest BCUT2D eigenvalue weighted by atomic mass is 9.95. The number of hydrogen-bond donors (Lipinski definition) is 2. The topological polar surface area (TPSA) is 69.6 Å². The van der Waals surface area contributed by atoms with Crippen molar-refractivity contribution in [2.75, 3.05) is 19.6 Å². The number of rotatable bonds is 9. The van der Waals surface area contributed by atoms with Gasteiger partial charge < -0.3 is 10.4 Å². The number of unbranched alkanes of at least 4 members (excludes halogenated alkanes) is 2. The summed E-state index contributed by atoms with van der Waals surface area (Å²) in [7, 11) is 0. The van der Waals surface area contributed by atoms with Crippen molar-refractivity contribution in [2.45, 2.75) is 45.1 Å². The molecular formula is C19H28N2O3. The van der Waals surface area contributed by atoms with E-state index >= 15 is 0 Å². The Morgan fingerprint density at radius 3 is 2.46 bits per heavy atom. The molecule has 1 fully saturated rings. The molecule has 1 aliphatic heterocycles. The van der Waals surface area contributed by atoms with Crippen molar-refractivity contribution in [3.63, 3.8) is 0 Å². The molecule has 0 aliphatic carbocycles. The molecule has 5 nitrogen and oxygen atoms in total. The molecule has 0 saturated carbocycles. The Morgan fingerprint density at radius 2 is 1.79 bits per heavy atom. The van der Waals surface area contributed by atoms with Crippen LogP contribution in [0.2, 0.25) is 0 Å². The highest BCUT2D eigenvalue weighted by atomic mass is 16.4. The molecule has 0 bridgehead atoms. The first-order chi connectivity index (χ1) is 11.6. The zero-order valence-corrected chi connectivity index (χ0v) is 14.2. The molecule has 0 atom stereocenters. The van der Waals surface area contributed by atoms with E-state index in [0.717, 1.165) is 45.3 Å². The van der Waals surface area contributed by atoms with Crippen LogP contribution in [0.25, 0.3) is 0 Å². The van der Waals surface area contributed by atoms with Crippen LogP contribution in [0, 0.1) is 5.92 Å². The highest BCUT2D eigenvalue weighted by molar-refractivity contribution is 5.78.